The summed E-state index contributed by atoms with van der Waals surface area (Å²) in [6.45, 7) is 2.75. The third kappa shape index (κ3) is 3.90. The molecule has 2 aromatic heterocycles. The molecule has 148 valence electrons. The lowest BCUT2D eigenvalue weighted by Gasteiger charge is -2.21. The van der Waals surface area contributed by atoms with Gasteiger partial charge in [0.05, 0.1) is 11.8 Å². The summed E-state index contributed by atoms with van der Waals surface area (Å²) < 4.78 is 5.32. The van der Waals surface area contributed by atoms with E-state index in [1.165, 1.54) is 22.5 Å². The lowest BCUT2D eigenvalue weighted by Crippen LogP contribution is -2.36. The van der Waals surface area contributed by atoms with Crippen LogP contribution < -0.4 is 10.6 Å². The molecule has 0 bridgehead atoms. The van der Waals surface area contributed by atoms with Crippen LogP contribution in [0.4, 0.5) is 5.00 Å². The molecule has 4 rings (SSSR count). The number of rotatable bonds is 5. The first kappa shape index (κ1) is 18.9. The Labute approximate surface area is 167 Å². The number of hydrogen-bond donors (Lipinski definition) is 2. The van der Waals surface area contributed by atoms with E-state index in [4.69, 9.17) is 4.42 Å². The molecule has 1 saturated heterocycles. The fourth-order valence-electron chi connectivity index (χ4n) is 4.01. The Morgan fingerprint density at radius 1 is 1.32 bits per heavy atom. The van der Waals surface area contributed by atoms with Crippen molar-refractivity contribution in [3.63, 3.8) is 0 Å². The van der Waals surface area contributed by atoms with E-state index in [2.05, 4.69) is 17.6 Å². The van der Waals surface area contributed by atoms with E-state index in [0.29, 0.717) is 41.6 Å². The highest BCUT2D eigenvalue weighted by molar-refractivity contribution is 7.17. The summed E-state index contributed by atoms with van der Waals surface area (Å²) in [4.78, 5) is 38.2. The maximum absolute atomic E-state index is 13.1. The number of nitrogens with one attached hydrogen (secondary N) is 2. The molecule has 2 amide bonds. The van der Waals surface area contributed by atoms with E-state index in [-0.39, 0.29) is 23.5 Å². The van der Waals surface area contributed by atoms with Crippen LogP contribution in [0.1, 0.15) is 59.2 Å². The minimum atomic E-state index is -0.169. The second-order valence-electron chi connectivity index (χ2n) is 7.82. The van der Waals surface area contributed by atoms with Crippen LogP contribution in [0.2, 0.25) is 0 Å². The highest BCUT2D eigenvalue weighted by Crippen LogP contribution is 2.41. The molecule has 0 aromatic carbocycles. The zero-order chi connectivity index (χ0) is 19.7. The van der Waals surface area contributed by atoms with Crippen LogP contribution in [0.5, 0.6) is 0 Å². The first-order valence-electron chi connectivity index (χ1n) is 9.80. The number of carbonyl (C=O) groups is 3. The number of anilines is 1. The van der Waals surface area contributed by atoms with Gasteiger partial charge in [0.15, 0.2) is 5.76 Å². The van der Waals surface area contributed by atoms with Gasteiger partial charge in [0.2, 0.25) is 17.6 Å². The average molecular weight is 401 g/mol. The van der Waals surface area contributed by atoms with E-state index < -0.39 is 0 Å². The van der Waals surface area contributed by atoms with E-state index in [0.717, 1.165) is 31.2 Å². The number of amides is 2. The molecule has 2 atom stereocenters. The summed E-state index contributed by atoms with van der Waals surface area (Å²) in [7, 11) is 0. The summed E-state index contributed by atoms with van der Waals surface area (Å²) in [6.07, 6.45) is 5.83. The molecule has 2 N–H and O–H groups in total. The Kier molecular flexibility index (Phi) is 5.35. The zero-order valence-corrected chi connectivity index (χ0v) is 16.7. The predicted molar refractivity (Wildman–Crippen MR) is 107 cm³/mol. The van der Waals surface area contributed by atoms with Gasteiger partial charge in [-0.1, -0.05) is 6.92 Å². The molecule has 3 heterocycles. The van der Waals surface area contributed by atoms with Gasteiger partial charge < -0.3 is 15.1 Å². The molecule has 0 spiro atoms. The third-order valence-electron chi connectivity index (χ3n) is 5.58. The van der Waals surface area contributed by atoms with Crippen molar-refractivity contribution in [1.82, 2.24) is 5.32 Å². The molecule has 6 nitrogen and oxygen atoms in total. The maximum Gasteiger partial charge on any atom is 0.231 e. The van der Waals surface area contributed by atoms with Crippen molar-refractivity contribution in [3.8, 4) is 0 Å². The van der Waals surface area contributed by atoms with E-state index in [9.17, 15) is 14.4 Å². The molecule has 0 radical (unpaired) electrons. The van der Waals surface area contributed by atoms with Crippen LogP contribution in [-0.2, 0) is 22.4 Å². The van der Waals surface area contributed by atoms with Gasteiger partial charge in [-0.15, -0.1) is 11.3 Å². The largest absolute Gasteiger partial charge is 0.461 e. The van der Waals surface area contributed by atoms with Gasteiger partial charge >= 0.3 is 0 Å². The molecule has 28 heavy (non-hydrogen) atoms. The Balaban J connectivity index is 1.56. The quantitative estimate of drug-likeness (QED) is 0.751. The van der Waals surface area contributed by atoms with Crippen molar-refractivity contribution in [2.24, 2.45) is 11.8 Å². The van der Waals surface area contributed by atoms with Crippen molar-refractivity contribution >= 4 is 33.9 Å². The topological polar surface area (TPSA) is 88.4 Å². The molecule has 0 saturated carbocycles. The normalized spacial score (nSPS) is 21.7. The second-order valence-corrected chi connectivity index (χ2v) is 8.93. The lowest BCUT2D eigenvalue weighted by atomic mass is 9.87. The van der Waals surface area contributed by atoms with Crippen molar-refractivity contribution in [2.45, 2.75) is 45.4 Å². The number of fused-ring (bicyclic) bond motifs is 1. The number of furan rings is 1. The van der Waals surface area contributed by atoms with Gasteiger partial charge in [-0.2, -0.15) is 0 Å². The number of hydrogen-bond acceptors (Lipinski definition) is 5. The molecule has 2 unspecified atom stereocenters. The summed E-state index contributed by atoms with van der Waals surface area (Å²) in [5.41, 5.74) is 1.65. The fourth-order valence-corrected chi connectivity index (χ4v) is 5.43. The Morgan fingerprint density at radius 3 is 2.89 bits per heavy atom. The molecule has 1 fully saturated rings. The first-order chi connectivity index (χ1) is 13.5. The fraction of sp³-hybridized carbons (Fsp3) is 0.476. The van der Waals surface area contributed by atoms with Gasteiger partial charge in [0, 0.05) is 24.3 Å². The Hall–Kier alpha value is -2.41. The highest BCUT2D eigenvalue weighted by Gasteiger charge is 2.30. The van der Waals surface area contributed by atoms with Gasteiger partial charge in [0.25, 0.3) is 0 Å². The van der Waals surface area contributed by atoms with Crippen LogP contribution in [-0.4, -0.2) is 24.1 Å². The molecule has 1 aliphatic heterocycles. The monoisotopic (exact) mass is 400 g/mol. The average Bonchev–Trinajstić information content (AvgIpc) is 3.30. The van der Waals surface area contributed by atoms with Crippen LogP contribution in [0.3, 0.4) is 0 Å². The molecule has 2 aliphatic rings. The first-order valence-corrected chi connectivity index (χ1v) is 10.6. The number of ketones is 1. The number of thiophene rings is 1. The van der Waals surface area contributed by atoms with Gasteiger partial charge in [-0.05, 0) is 55.2 Å². The minimum Gasteiger partial charge on any atom is -0.461 e. The van der Waals surface area contributed by atoms with Gasteiger partial charge in [-0.3, -0.25) is 14.4 Å². The van der Waals surface area contributed by atoms with Crippen molar-refractivity contribution < 1.29 is 18.8 Å². The van der Waals surface area contributed by atoms with E-state index in [1.54, 1.807) is 12.1 Å². The third-order valence-corrected chi connectivity index (χ3v) is 6.75. The number of carbonyl (C=O) groups excluding carboxylic acids is 3. The molecule has 1 aliphatic carbocycles. The Bertz CT molecular complexity index is 890. The van der Waals surface area contributed by atoms with E-state index >= 15 is 0 Å². The van der Waals surface area contributed by atoms with Crippen LogP contribution in [0.25, 0.3) is 0 Å². The summed E-state index contributed by atoms with van der Waals surface area (Å²) in [5, 5.41) is 6.43. The summed E-state index contributed by atoms with van der Waals surface area (Å²) >= 11 is 1.52. The van der Waals surface area contributed by atoms with Crippen molar-refractivity contribution in [3.05, 3.63) is 40.2 Å². The second kappa shape index (κ2) is 7.91. The van der Waals surface area contributed by atoms with Crippen molar-refractivity contribution in [1.29, 1.82) is 0 Å². The summed E-state index contributed by atoms with van der Waals surface area (Å²) in [6, 6.07) is 3.36. The Morgan fingerprint density at radius 2 is 2.18 bits per heavy atom. The highest BCUT2D eigenvalue weighted by atomic mass is 32.1. The maximum atomic E-state index is 13.1. The standard InChI is InChI=1S/C21H24N2O4S/c1-12-4-6-14-16(9-12)28-21(19(14)20(26)15-3-2-8-27-15)23-18(25)10-13-5-7-17(24)22-11-13/h2-3,8,12-13H,4-7,9-11H2,1H3,(H,22,24)(H,23,25). The minimum absolute atomic E-state index is 0.0445. The van der Waals surface area contributed by atoms with Crippen LogP contribution >= 0.6 is 11.3 Å². The van der Waals surface area contributed by atoms with Crippen LogP contribution in [0.15, 0.2) is 22.8 Å². The molecular weight excluding hydrogens is 376 g/mol. The van der Waals surface area contributed by atoms with Crippen molar-refractivity contribution in [2.75, 3.05) is 11.9 Å². The van der Waals surface area contributed by atoms with Gasteiger partial charge in [0.1, 0.15) is 5.00 Å². The smallest absolute Gasteiger partial charge is 0.231 e. The summed E-state index contributed by atoms with van der Waals surface area (Å²) in [5.74, 6) is 0.773. The number of piperidine rings is 1. The van der Waals surface area contributed by atoms with Crippen LogP contribution in [0, 0.1) is 11.8 Å². The molecule has 7 heteroatoms. The molecule has 2 aromatic rings. The zero-order valence-electron chi connectivity index (χ0n) is 15.9. The molecular formula is C21H24N2O4S. The van der Waals surface area contributed by atoms with Gasteiger partial charge in [-0.25, -0.2) is 0 Å². The predicted octanol–water partition coefficient (Wildman–Crippen LogP) is 3.55. The SMILES string of the molecule is CC1CCc2c(sc(NC(=O)CC3CCC(=O)NC3)c2C(=O)c2ccco2)C1. The van der Waals surface area contributed by atoms with E-state index in [1.807, 2.05) is 0 Å². The lowest BCUT2D eigenvalue weighted by molar-refractivity contribution is -0.124.